The number of carbonyl (C=O) groups excluding carboxylic acids is 1. The van der Waals surface area contributed by atoms with E-state index in [0.29, 0.717) is 17.7 Å². The van der Waals surface area contributed by atoms with E-state index < -0.39 is 0 Å². The van der Waals surface area contributed by atoms with Crippen LogP contribution in [0.15, 0.2) is 6.07 Å². The Bertz CT molecular complexity index is 734. The molecule has 2 heterocycles. The Hall–Kier alpha value is -1.98. The summed E-state index contributed by atoms with van der Waals surface area (Å²) in [6, 6.07) is 2.48. The Kier molecular flexibility index (Phi) is 4.08. The molecule has 0 radical (unpaired) electrons. The second-order valence-electron chi connectivity index (χ2n) is 6.76. The highest BCUT2D eigenvalue weighted by molar-refractivity contribution is 5.91. The summed E-state index contributed by atoms with van der Waals surface area (Å²) in [5.41, 5.74) is 1.82. The molecular weight excluding hydrogens is 290 g/mol. The van der Waals surface area contributed by atoms with Crippen LogP contribution in [0, 0.1) is 19.8 Å². The Balaban J connectivity index is 1.96. The molecule has 0 aromatic carbocycles. The van der Waals surface area contributed by atoms with Gasteiger partial charge in [0.25, 0.3) is 11.7 Å². The summed E-state index contributed by atoms with van der Waals surface area (Å²) in [6.07, 6.45) is 3.21. The first-order valence-electron chi connectivity index (χ1n) is 8.46. The number of hydrogen-bond donors (Lipinski definition) is 0. The van der Waals surface area contributed by atoms with Gasteiger partial charge in [-0.2, -0.15) is 4.98 Å². The van der Waals surface area contributed by atoms with Gasteiger partial charge in [0.15, 0.2) is 0 Å². The third-order valence-corrected chi connectivity index (χ3v) is 4.89. The lowest BCUT2D eigenvalue weighted by Crippen LogP contribution is -2.44. The minimum absolute atomic E-state index is 0.0668. The van der Waals surface area contributed by atoms with Crippen molar-refractivity contribution in [3.05, 3.63) is 23.3 Å². The Morgan fingerprint density at radius 2 is 2.04 bits per heavy atom. The molecule has 124 valence electrons. The predicted octanol–water partition coefficient (Wildman–Crippen LogP) is 2.78. The maximum atomic E-state index is 13.0. The van der Waals surface area contributed by atoms with Crippen LogP contribution in [0.1, 0.15) is 62.0 Å². The molecule has 1 saturated carbocycles. The molecule has 1 amide bonds. The molecule has 0 unspecified atom stereocenters. The first kappa shape index (κ1) is 15.9. The van der Waals surface area contributed by atoms with E-state index in [4.69, 9.17) is 0 Å². The number of amides is 1. The van der Waals surface area contributed by atoms with Crippen molar-refractivity contribution in [3.63, 3.8) is 0 Å². The largest absolute Gasteiger partial charge is 0.330 e. The van der Waals surface area contributed by atoms with Gasteiger partial charge in [-0.25, -0.2) is 9.50 Å². The molecule has 6 nitrogen and oxygen atoms in total. The Labute approximate surface area is 136 Å². The molecule has 3 rings (SSSR count). The maximum absolute atomic E-state index is 13.0. The minimum Gasteiger partial charge on any atom is -0.330 e. The normalized spacial score (nSPS) is 17.3. The molecular formula is C17H25N5O. The molecule has 1 aliphatic carbocycles. The van der Waals surface area contributed by atoms with Gasteiger partial charge < -0.3 is 4.90 Å². The van der Waals surface area contributed by atoms with Crippen molar-refractivity contribution in [2.24, 2.45) is 5.92 Å². The quantitative estimate of drug-likeness (QED) is 0.851. The van der Waals surface area contributed by atoms with E-state index in [1.54, 1.807) is 4.52 Å². The molecule has 0 N–H and O–H groups in total. The summed E-state index contributed by atoms with van der Waals surface area (Å²) in [5, 5.41) is 4.40. The van der Waals surface area contributed by atoms with Crippen LogP contribution in [-0.4, -0.2) is 42.5 Å². The van der Waals surface area contributed by atoms with Crippen LogP contribution in [0.2, 0.25) is 0 Å². The highest BCUT2D eigenvalue weighted by atomic mass is 16.2. The van der Waals surface area contributed by atoms with E-state index in [2.05, 4.69) is 35.8 Å². The average Bonchev–Trinajstić information content (AvgIpc) is 3.24. The van der Waals surface area contributed by atoms with E-state index in [0.717, 1.165) is 30.7 Å². The number of rotatable bonds is 5. The molecule has 1 aliphatic rings. The number of aryl methyl sites for hydroxylation is 2. The lowest BCUT2D eigenvalue weighted by molar-refractivity contribution is 0.0603. The van der Waals surface area contributed by atoms with Crippen molar-refractivity contribution in [1.29, 1.82) is 0 Å². The molecule has 0 aliphatic heterocycles. The summed E-state index contributed by atoms with van der Waals surface area (Å²) < 4.78 is 1.65. The Morgan fingerprint density at radius 3 is 2.65 bits per heavy atom. The lowest BCUT2D eigenvalue weighted by atomic mass is 9.99. The standard InChI is InChI=1S/C17H25N5O/c1-6-10(2)13(5)21(14-7-8-14)16(23)15-19-17-18-11(3)9-12(4)22(17)20-15/h9-10,13-14H,6-8H2,1-5H3/t10-,13+/m0/s1. The van der Waals surface area contributed by atoms with Gasteiger partial charge in [0.05, 0.1) is 0 Å². The van der Waals surface area contributed by atoms with Crippen LogP contribution < -0.4 is 0 Å². The van der Waals surface area contributed by atoms with Gasteiger partial charge in [-0.1, -0.05) is 20.3 Å². The SMILES string of the molecule is CC[C@H](C)[C@@H](C)N(C(=O)c1nc2nc(C)cc(C)n2n1)C1CC1. The number of hydrogen-bond acceptors (Lipinski definition) is 4. The average molecular weight is 315 g/mol. The number of nitrogens with zero attached hydrogens (tertiary/aromatic N) is 5. The van der Waals surface area contributed by atoms with Gasteiger partial charge in [-0.3, -0.25) is 4.79 Å². The summed E-state index contributed by atoms with van der Waals surface area (Å²) in [6.45, 7) is 10.4. The second kappa shape index (κ2) is 5.91. The van der Waals surface area contributed by atoms with E-state index in [1.165, 1.54) is 0 Å². The first-order valence-corrected chi connectivity index (χ1v) is 8.46. The summed E-state index contributed by atoms with van der Waals surface area (Å²) >= 11 is 0. The van der Waals surface area contributed by atoms with Crippen LogP contribution >= 0.6 is 0 Å². The summed E-state index contributed by atoms with van der Waals surface area (Å²) in [4.78, 5) is 23.8. The van der Waals surface area contributed by atoms with E-state index in [9.17, 15) is 4.79 Å². The van der Waals surface area contributed by atoms with Gasteiger partial charge >= 0.3 is 0 Å². The summed E-state index contributed by atoms with van der Waals surface area (Å²) in [7, 11) is 0. The van der Waals surface area contributed by atoms with Gasteiger partial charge in [-0.05, 0) is 45.6 Å². The third kappa shape index (κ3) is 2.94. The van der Waals surface area contributed by atoms with Gasteiger partial charge in [0.1, 0.15) is 0 Å². The topological polar surface area (TPSA) is 63.4 Å². The van der Waals surface area contributed by atoms with Crippen LogP contribution in [0.5, 0.6) is 0 Å². The predicted molar refractivity (Wildman–Crippen MR) is 88.4 cm³/mol. The number of carbonyl (C=O) groups is 1. The van der Waals surface area contributed by atoms with E-state index in [-0.39, 0.29) is 17.8 Å². The molecule has 1 fully saturated rings. The maximum Gasteiger partial charge on any atom is 0.294 e. The van der Waals surface area contributed by atoms with Crippen LogP contribution in [-0.2, 0) is 0 Å². The number of fused-ring (bicyclic) bond motifs is 1. The zero-order chi connectivity index (χ0) is 16.7. The zero-order valence-corrected chi connectivity index (χ0v) is 14.6. The van der Waals surface area contributed by atoms with Crippen molar-refractivity contribution < 1.29 is 4.79 Å². The minimum atomic E-state index is -0.0668. The monoisotopic (exact) mass is 315 g/mol. The van der Waals surface area contributed by atoms with Crippen molar-refractivity contribution in [2.45, 2.75) is 66.0 Å². The highest BCUT2D eigenvalue weighted by Crippen LogP contribution is 2.32. The molecule has 0 spiro atoms. The van der Waals surface area contributed by atoms with Crippen molar-refractivity contribution >= 4 is 11.7 Å². The fraction of sp³-hybridized carbons (Fsp3) is 0.647. The van der Waals surface area contributed by atoms with Crippen LogP contribution in [0.4, 0.5) is 0 Å². The van der Waals surface area contributed by atoms with Crippen LogP contribution in [0.25, 0.3) is 5.78 Å². The van der Waals surface area contributed by atoms with Gasteiger partial charge in [-0.15, -0.1) is 5.10 Å². The van der Waals surface area contributed by atoms with Crippen molar-refractivity contribution in [2.75, 3.05) is 0 Å². The fourth-order valence-electron chi connectivity index (χ4n) is 3.02. The number of aromatic nitrogens is 4. The summed E-state index contributed by atoms with van der Waals surface area (Å²) in [5.74, 6) is 1.15. The fourth-order valence-corrected chi connectivity index (χ4v) is 3.02. The second-order valence-corrected chi connectivity index (χ2v) is 6.76. The molecule has 0 saturated heterocycles. The molecule has 2 aromatic heterocycles. The van der Waals surface area contributed by atoms with Crippen molar-refractivity contribution in [3.8, 4) is 0 Å². The highest BCUT2D eigenvalue weighted by Gasteiger charge is 2.39. The molecule has 6 heteroatoms. The van der Waals surface area contributed by atoms with Gasteiger partial charge in [0.2, 0.25) is 5.82 Å². The van der Waals surface area contributed by atoms with Crippen LogP contribution in [0.3, 0.4) is 0 Å². The third-order valence-electron chi connectivity index (χ3n) is 4.89. The molecule has 2 aromatic rings. The molecule has 23 heavy (non-hydrogen) atoms. The molecule has 0 bridgehead atoms. The van der Waals surface area contributed by atoms with E-state index >= 15 is 0 Å². The first-order chi connectivity index (χ1) is 10.9. The smallest absolute Gasteiger partial charge is 0.294 e. The van der Waals surface area contributed by atoms with Gasteiger partial charge in [0, 0.05) is 23.5 Å². The zero-order valence-electron chi connectivity index (χ0n) is 14.6. The molecule has 2 atom stereocenters. The van der Waals surface area contributed by atoms with E-state index in [1.807, 2.05) is 24.8 Å². The van der Waals surface area contributed by atoms with Crippen molar-refractivity contribution in [1.82, 2.24) is 24.5 Å². The Morgan fingerprint density at radius 1 is 1.35 bits per heavy atom. The lowest BCUT2D eigenvalue weighted by Gasteiger charge is -2.32.